The monoisotopic (exact) mass is 627 g/mol. The second kappa shape index (κ2) is 11.9. The van der Waals surface area contributed by atoms with E-state index in [1.807, 2.05) is 18.2 Å². The first-order valence-corrected chi connectivity index (χ1v) is 14.1. The number of carbonyl (C=O) groups excluding carboxylic acids is 1. The van der Waals surface area contributed by atoms with Gasteiger partial charge in [0.2, 0.25) is 0 Å². The van der Waals surface area contributed by atoms with E-state index in [1.165, 1.54) is 16.7 Å². The highest BCUT2D eigenvalue weighted by Gasteiger charge is 2.32. The number of nitrogens with zero attached hydrogens (tertiary/aromatic N) is 2. The molecule has 2 N–H and O–H groups in total. The van der Waals surface area contributed by atoms with E-state index in [-0.39, 0.29) is 27.3 Å². The van der Waals surface area contributed by atoms with Crippen LogP contribution in [0.25, 0.3) is 6.08 Å². The van der Waals surface area contributed by atoms with Gasteiger partial charge in [0, 0.05) is 10.7 Å². The van der Waals surface area contributed by atoms with Gasteiger partial charge in [-0.15, -0.1) is 0 Å². The van der Waals surface area contributed by atoms with Crippen molar-refractivity contribution < 1.29 is 19.4 Å². The van der Waals surface area contributed by atoms with Crippen molar-refractivity contribution in [2.24, 2.45) is 4.99 Å². The molecule has 4 aromatic rings. The number of carboxylic acids is 1. The van der Waals surface area contributed by atoms with Crippen molar-refractivity contribution in [2.45, 2.75) is 13.0 Å². The Bertz CT molecular complexity index is 1860. The molecule has 8 nitrogen and oxygen atoms in total. The number of amides is 1. The van der Waals surface area contributed by atoms with Crippen molar-refractivity contribution in [1.82, 2.24) is 4.57 Å². The van der Waals surface area contributed by atoms with Gasteiger partial charge in [-0.1, -0.05) is 76.5 Å². The SMILES string of the molecule is CC1=C(C(=O)Nc2ccccc2)[C@@H](c2ccc(Cl)cc2)n2c(s/c(=C\c3cc(Cl)c(OCC(=O)O)c(Cl)c3)c2=O)=N1. The van der Waals surface area contributed by atoms with Gasteiger partial charge in [-0.2, -0.15) is 0 Å². The van der Waals surface area contributed by atoms with E-state index < -0.39 is 18.6 Å². The first kappa shape index (κ1) is 28.6. The number of benzene rings is 3. The Morgan fingerprint density at radius 2 is 1.73 bits per heavy atom. The molecule has 1 aliphatic rings. The molecule has 0 saturated heterocycles. The summed E-state index contributed by atoms with van der Waals surface area (Å²) in [6.45, 7) is 1.12. The maximum atomic E-state index is 13.9. The van der Waals surface area contributed by atoms with Crippen molar-refractivity contribution in [3.63, 3.8) is 0 Å². The molecule has 0 unspecified atom stereocenters. The summed E-state index contributed by atoms with van der Waals surface area (Å²) < 4.78 is 6.99. The van der Waals surface area contributed by atoms with Crippen LogP contribution < -0.4 is 24.9 Å². The van der Waals surface area contributed by atoms with Gasteiger partial charge in [-0.25, -0.2) is 9.79 Å². The topological polar surface area (TPSA) is 110 Å². The summed E-state index contributed by atoms with van der Waals surface area (Å²) in [6, 6.07) is 18.2. The maximum Gasteiger partial charge on any atom is 0.341 e. The first-order chi connectivity index (χ1) is 19.6. The highest BCUT2D eigenvalue weighted by atomic mass is 35.5. The minimum absolute atomic E-state index is 0.0294. The fourth-order valence-corrected chi connectivity index (χ4v) is 6.16. The van der Waals surface area contributed by atoms with Crippen LogP contribution in [0, 0.1) is 0 Å². The number of anilines is 1. The van der Waals surface area contributed by atoms with Crippen LogP contribution in [-0.4, -0.2) is 28.2 Å². The van der Waals surface area contributed by atoms with Gasteiger partial charge in [0.25, 0.3) is 11.5 Å². The van der Waals surface area contributed by atoms with Crippen LogP contribution >= 0.6 is 46.1 Å². The quantitative estimate of drug-likeness (QED) is 0.289. The number of aliphatic carboxylic acids is 1. The van der Waals surface area contributed by atoms with Crippen LogP contribution in [0.15, 0.2) is 87.8 Å². The number of carboxylic acid groups (broad SMARTS) is 1. The molecule has 0 fully saturated rings. The highest BCUT2D eigenvalue weighted by molar-refractivity contribution is 7.07. The maximum absolute atomic E-state index is 13.9. The number of allylic oxidation sites excluding steroid dienone is 1. The Morgan fingerprint density at radius 1 is 1.07 bits per heavy atom. The zero-order chi connectivity index (χ0) is 29.3. The third-order valence-electron chi connectivity index (χ3n) is 6.14. The molecule has 1 amide bonds. The predicted molar refractivity (Wildman–Crippen MR) is 160 cm³/mol. The molecule has 0 spiro atoms. The molecule has 5 rings (SSSR count). The molecule has 0 saturated carbocycles. The van der Waals surface area contributed by atoms with E-state index in [0.29, 0.717) is 42.4 Å². The van der Waals surface area contributed by atoms with Crippen molar-refractivity contribution >= 4 is 69.8 Å². The summed E-state index contributed by atoms with van der Waals surface area (Å²) in [7, 11) is 0. The molecule has 12 heteroatoms. The average Bonchev–Trinajstić information content (AvgIpc) is 3.22. The third kappa shape index (κ3) is 6.08. The number of para-hydroxylation sites is 1. The smallest absolute Gasteiger partial charge is 0.341 e. The summed E-state index contributed by atoms with van der Waals surface area (Å²) in [5.74, 6) is -1.53. The molecule has 0 aliphatic carbocycles. The summed E-state index contributed by atoms with van der Waals surface area (Å²) >= 11 is 19.9. The number of hydrogen-bond acceptors (Lipinski definition) is 6. The molecule has 0 bridgehead atoms. The van der Waals surface area contributed by atoms with Crippen LogP contribution in [0.4, 0.5) is 5.69 Å². The van der Waals surface area contributed by atoms with Gasteiger partial charge in [-0.3, -0.25) is 14.2 Å². The molecule has 1 aliphatic heterocycles. The van der Waals surface area contributed by atoms with Gasteiger partial charge in [0.05, 0.1) is 31.9 Å². The number of fused-ring (bicyclic) bond motifs is 1. The Balaban J connectivity index is 1.62. The molecule has 0 radical (unpaired) electrons. The molecule has 1 aromatic heterocycles. The average molecular weight is 629 g/mol. The van der Waals surface area contributed by atoms with Gasteiger partial charge >= 0.3 is 5.97 Å². The van der Waals surface area contributed by atoms with Gasteiger partial charge in [-0.05, 0) is 60.5 Å². The standard InChI is InChI=1S/C29H20Cl3N3O5S/c1-15-24(27(38)34-19-5-3-2-4-6-19)25(17-7-9-18(30)10-8-17)35-28(39)22(41-29(35)33-15)13-16-11-20(31)26(21(32)12-16)40-14-23(36)37/h2-13,25H,14H2,1H3,(H,34,38)(H,36,37)/b22-13-/t25-/m1/s1. The number of halogens is 3. The van der Waals surface area contributed by atoms with Gasteiger partial charge in [0.1, 0.15) is 0 Å². The Morgan fingerprint density at radius 3 is 2.37 bits per heavy atom. The molecule has 208 valence electrons. The fraction of sp³-hybridized carbons (Fsp3) is 0.103. The largest absolute Gasteiger partial charge is 0.479 e. The van der Waals surface area contributed by atoms with Crippen molar-refractivity contribution in [1.29, 1.82) is 0 Å². The lowest BCUT2D eigenvalue weighted by atomic mass is 9.95. The third-order valence-corrected chi connectivity index (χ3v) is 7.94. The zero-order valence-electron chi connectivity index (χ0n) is 21.2. The van der Waals surface area contributed by atoms with Crippen molar-refractivity contribution in [2.75, 3.05) is 11.9 Å². The normalized spacial score (nSPS) is 14.8. The van der Waals surface area contributed by atoms with E-state index in [9.17, 15) is 14.4 Å². The summed E-state index contributed by atoms with van der Waals surface area (Å²) in [5.41, 5.74) is 2.20. The lowest BCUT2D eigenvalue weighted by molar-refractivity contribution is -0.139. The summed E-state index contributed by atoms with van der Waals surface area (Å²) in [6.07, 6.45) is 1.60. The van der Waals surface area contributed by atoms with Gasteiger partial charge < -0.3 is 15.2 Å². The van der Waals surface area contributed by atoms with E-state index in [0.717, 1.165) is 11.3 Å². The molecule has 41 heavy (non-hydrogen) atoms. The Hall–Kier alpha value is -3.89. The lowest BCUT2D eigenvalue weighted by Crippen LogP contribution is -2.40. The Labute approximate surface area is 252 Å². The lowest BCUT2D eigenvalue weighted by Gasteiger charge is -2.25. The summed E-state index contributed by atoms with van der Waals surface area (Å²) in [5, 5.41) is 12.5. The Kier molecular flexibility index (Phi) is 8.32. The molecule has 3 aromatic carbocycles. The van der Waals surface area contributed by atoms with Crippen LogP contribution in [0.3, 0.4) is 0 Å². The highest BCUT2D eigenvalue weighted by Crippen LogP contribution is 2.35. The number of rotatable bonds is 7. The fourth-order valence-electron chi connectivity index (χ4n) is 4.38. The van der Waals surface area contributed by atoms with Crippen LogP contribution in [-0.2, 0) is 9.59 Å². The van der Waals surface area contributed by atoms with Crippen LogP contribution in [0.1, 0.15) is 24.1 Å². The van der Waals surface area contributed by atoms with Crippen LogP contribution in [0.5, 0.6) is 5.75 Å². The van der Waals surface area contributed by atoms with Gasteiger partial charge in [0.15, 0.2) is 17.2 Å². The zero-order valence-corrected chi connectivity index (χ0v) is 24.3. The number of thiazole rings is 1. The minimum atomic E-state index is -1.18. The molecule has 2 heterocycles. The molecular weight excluding hydrogens is 609 g/mol. The van der Waals surface area contributed by atoms with Crippen molar-refractivity contribution in [3.8, 4) is 5.75 Å². The first-order valence-electron chi connectivity index (χ1n) is 12.1. The van der Waals surface area contributed by atoms with Crippen LogP contribution in [0.2, 0.25) is 15.1 Å². The molecular formula is C29H20Cl3N3O5S. The summed E-state index contributed by atoms with van der Waals surface area (Å²) in [4.78, 5) is 43.4. The molecule has 1 atom stereocenters. The second-order valence-corrected chi connectivity index (χ2v) is 11.2. The number of ether oxygens (including phenoxy) is 1. The number of carbonyl (C=O) groups is 2. The minimum Gasteiger partial charge on any atom is -0.479 e. The number of nitrogens with one attached hydrogen (secondary N) is 1. The number of hydrogen-bond donors (Lipinski definition) is 2. The number of aromatic nitrogens is 1. The second-order valence-electron chi connectivity index (χ2n) is 8.95. The van der Waals surface area contributed by atoms with E-state index in [2.05, 4.69) is 10.3 Å². The predicted octanol–water partition coefficient (Wildman–Crippen LogP) is 5.30. The van der Waals surface area contributed by atoms with E-state index >= 15 is 0 Å². The van der Waals surface area contributed by atoms with Crippen molar-refractivity contribution in [3.05, 3.63) is 124 Å². The van der Waals surface area contributed by atoms with E-state index in [1.54, 1.807) is 49.4 Å². The van der Waals surface area contributed by atoms with E-state index in [4.69, 9.17) is 44.6 Å².